The first-order valence-electron chi connectivity index (χ1n) is 10.2. The largest absolute Gasteiger partial charge is 0.334 e. The number of benzene rings is 1. The van der Waals surface area contributed by atoms with Crippen LogP contribution in [0.25, 0.3) is 0 Å². The standard InChI is InChI=1S/C22H28FN3O2/c1-2-3-15-26-21(27)13-12-20(24-26)22(28)25(19-6-4-5-7-19)16-14-17-8-10-18(23)11-9-17/h8-13,19H,2-7,14-16H2,1H3. The third-order valence-electron chi connectivity index (χ3n) is 5.39. The molecule has 150 valence electrons. The van der Waals surface area contributed by atoms with Crippen LogP contribution in [0, 0.1) is 5.82 Å². The zero-order chi connectivity index (χ0) is 19.9. The van der Waals surface area contributed by atoms with Crippen LogP contribution in [-0.2, 0) is 13.0 Å². The lowest BCUT2D eigenvalue weighted by atomic mass is 10.1. The number of carbonyl (C=O) groups excluding carboxylic acids is 1. The summed E-state index contributed by atoms with van der Waals surface area (Å²) in [6.07, 6.45) is 6.69. The molecule has 2 aromatic rings. The molecule has 0 saturated heterocycles. The molecule has 0 aliphatic heterocycles. The van der Waals surface area contributed by atoms with Crippen LogP contribution in [0.4, 0.5) is 4.39 Å². The lowest BCUT2D eigenvalue weighted by Crippen LogP contribution is -2.41. The van der Waals surface area contributed by atoms with Crippen molar-refractivity contribution < 1.29 is 9.18 Å². The number of halogens is 1. The predicted octanol–water partition coefficient (Wildman–Crippen LogP) is 3.81. The lowest BCUT2D eigenvalue weighted by Gasteiger charge is -2.29. The van der Waals surface area contributed by atoms with Crippen LogP contribution in [0.3, 0.4) is 0 Å². The van der Waals surface area contributed by atoms with Gasteiger partial charge in [0.05, 0.1) is 0 Å². The number of hydrogen-bond acceptors (Lipinski definition) is 3. The first-order chi connectivity index (χ1) is 13.6. The van der Waals surface area contributed by atoms with E-state index in [1.54, 1.807) is 12.1 Å². The monoisotopic (exact) mass is 385 g/mol. The van der Waals surface area contributed by atoms with E-state index >= 15 is 0 Å². The van der Waals surface area contributed by atoms with Crippen molar-refractivity contribution in [1.29, 1.82) is 0 Å². The normalized spacial score (nSPS) is 14.4. The number of nitrogens with zero attached hydrogens (tertiary/aromatic N) is 3. The molecule has 1 fully saturated rings. The number of unbranched alkanes of at least 4 members (excludes halogenated alkanes) is 1. The Labute approximate surface area is 165 Å². The van der Waals surface area contributed by atoms with E-state index in [0.29, 0.717) is 25.2 Å². The SMILES string of the molecule is CCCCn1nc(C(=O)N(CCc2ccc(F)cc2)C2CCCC2)ccc1=O. The second-order valence-corrected chi connectivity index (χ2v) is 7.45. The summed E-state index contributed by atoms with van der Waals surface area (Å²) in [5.74, 6) is -0.384. The van der Waals surface area contributed by atoms with Crippen LogP contribution in [0.15, 0.2) is 41.2 Å². The summed E-state index contributed by atoms with van der Waals surface area (Å²) >= 11 is 0. The topological polar surface area (TPSA) is 55.2 Å². The molecule has 1 amide bonds. The van der Waals surface area contributed by atoms with Gasteiger partial charge in [0.1, 0.15) is 11.5 Å². The summed E-state index contributed by atoms with van der Waals surface area (Å²) in [5, 5.41) is 4.33. The number of rotatable bonds is 8. The highest BCUT2D eigenvalue weighted by molar-refractivity contribution is 5.92. The molecule has 1 heterocycles. The molecule has 0 spiro atoms. The third-order valence-corrected chi connectivity index (χ3v) is 5.39. The molecule has 0 N–H and O–H groups in total. The Morgan fingerprint density at radius 2 is 1.89 bits per heavy atom. The summed E-state index contributed by atoms with van der Waals surface area (Å²) in [5.41, 5.74) is 1.14. The van der Waals surface area contributed by atoms with Gasteiger partial charge in [-0.2, -0.15) is 5.10 Å². The third kappa shape index (κ3) is 5.06. The Hall–Kier alpha value is -2.50. The molecule has 1 aromatic heterocycles. The number of hydrogen-bond donors (Lipinski definition) is 0. The Morgan fingerprint density at radius 3 is 2.57 bits per heavy atom. The van der Waals surface area contributed by atoms with Gasteiger partial charge in [-0.1, -0.05) is 38.3 Å². The second kappa shape index (κ2) is 9.62. The van der Waals surface area contributed by atoms with E-state index in [4.69, 9.17) is 0 Å². The first-order valence-corrected chi connectivity index (χ1v) is 10.2. The van der Waals surface area contributed by atoms with E-state index in [-0.39, 0.29) is 23.3 Å². The minimum atomic E-state index is -0.258. The molecule has 1 aliphatic rings. The maximum absolute atomic E-state index is 13.2. The van der Waals surface area contributed by atoms with Crippen molar-refractivity contribution in [3.05, 3.63) is 63.8 Å². The molecule has 6 heteroatoms. The van der Waals surface area contributed by atoms with Crippen molar-refractivity contribution in [2.45, 2.75) is 64.5 Å². The zero-order valence-electron chi connectivity index (χ0n) is 16.4. The van der Waals surface area contributed by atoms with Gasteiger partial charge < -0.3 is 4.90 Å². The minimum absolute atomic E-state index is 0.126. The van der Waals surface area contributed by atoms with Gasteiger partial charge in [0.2, 0.25) is 0 Å². The van der Waals surface area contributed by atoms with Crippen molar-refractivity contribution in [2.24, 2.45) is 0 Å². The highest BCUT2D eigenvalue weighted by Crippen LogP contribution is 2.25. The van der Waals surface area contributed by atoms with Gasteiger partial charge in [0.25, 0.3) is 11.5 Å². The van der Waals surface area contributed by atoms with E-state index in [0.717, 1.165) is 44.1 Å². The Bertz CT molecular complexity index is 842. The summed E-state index contributed by atoms with van der Waals surface area (Å²) in [6.45, 7) is 3.14. The van der Waals surface area contributed by atoms with Crippen molar-refractivity contribution in [3.63, 3.8) is 0 Å². The molecule has 0 bridgehead atoms. The Balaban J connectivity index is 1.78. The summed E-state index contributed by atoms with van der Waals surface area (Å²) < 4.78 is 14.5. The van der Waals surface area contributed by atoms with Gasteiger partial charge in [-0.3, -0.25) is 9.59 Å². The van der Waals surface area contributed by atoms with Crippen LogP contribution >= 0.6 is 0 Å². The number of amides is 1. The fourth-order valence-electron chi connectivity index (χ4n) is 3.74. The van der Waals surface area contributed by atoms with Gasteiger partial charge in [-0.25, -0.2) is 9.07 Å². The highest BCUT2D eigenvalue weighted by atomic mass is 19.1. The second-order valence-electron chi connectivity index (χ2n) is 7.45. The maximum atomic E-state index is 13.2. The van der Waals surface area contributed by atoms with Gasteiger partial charge in [-0.15, -0.1) is 0 Å². The van der Waals surface area contributed by atoms with Crippen LogP contribution < -0.4 is 5.56 Å². The molecule has 28 heavy (non-hydrogen) atoms. The number of aryl methyl sites for hydroxylation is 1. The first kappa shape index (κ1) is 20.2. The molecule has 0 radical (unpaired) electrons. The minimum Gasteiger partial charge on any atom is -0.334 e. The van der Waals surface area contributed by atoms with Crippen LogP contribution in [-0.4, -0.2) is 33.2 Å². The molecule has 1 saturated carbocycles. The fourth-order valence-corrected chi connectivity index (χ4v) is 3.74. The predicted molar refractivity (Wildman–Crippen MR) is 107 cm³/mol. The van der Waals surface area contributed by atoms with Gasteiger partial charge in [0.15, 0.2) is 0 Å². The smallest absolute Gasteiger partial charge is 0.274 e. The molecule has 3 rings (SSSR count). The quantitative estimate of drug-likeness (QED) is 0.694. The Kier molecular flexibility index (Phi) is 6.95. The van der Waals surface area contributed by atoms with E-state index in [2.05, 4.69) is 12.0 Å². The average Bonchev–Trinajstić information content (AvgIpc) is 3.23. The molecule has 5 nitrogen and oxygen atoms in total. The molecule has 1 aliphatic carbocycles. The highest BCUT2D eigenvalue weighted by Gasteiger charge is 2.28. The zero-order valence-corrected chi connectivity index (χ0v) is 16.4. The van der Waals surface area contributed by atoms with E-state index < -0.39 is 0 Å². The lowest BCUT2D eigenvalue weighted by molar-refractivity contribution is 0.0675. The summed E-state index contributed by atoms with van der Waals surface area (Å²) in [4.78, 5) is 27.1. The van der Waals surface area contributed by atoms with Gasteiger partial charge in [-0.05, 0) is 49.4 Å². The van der Waals surface area contributed by atoms with Crippen LogP contribution in [0.1, 0.15) is 61.5 Å². The van der Waals surface area contributed by atoms with Crippen molar-refractivity contribution in [1.82, 2.24) is 14.7 Å². The average molecular weight is 385 g/mol. The summed E-state index contributed by atoms with van der Waals surface area (Å²) in [6, 6.07) is 9.58. The van der Waals surface area contributed by atoms with Crippen molar-refractivity contribution in [2.75, 3.05) is 6.54 Å². The molecule has 1 aromatic carbocycles. The number of carbonyl (C=O) groups is 1. The van der Waals surface area contributed by atoms with E-state index in [1.165, 1.54) is 28.9 Å². The van der Waals surface area contributed by atoms with E-state index in [1.807, 2.05) is 4.90 Å². The fraction of sp³-hybridized carbons (Fsp3) is 0.500. The molecular weight excluding hydrogens is 357 g/mol. The van der Waals surface area contributed by atoms with Crippen LogP contribution in [0.2, 0.25) is 0 Å². The van der Waals surface area contributed by atoms with Gasteiger partial charge in [0, 0.05) is 25.2 Å². The van der Waals surface area contributed by atoms with Crippen molar-refractivity contribution >= 4 is 5.91 Å². The maximum Gasteiger partial charge on any atom is 0.274 e. The van der Waals surface area contributed by atoms with Gasteiger partial charge >= 0.3 is 0 Å². The molecular formula is C22H28FN3O2. The molecule has 0 unspecified atom stereocenters. The van der Waals surface area contributed by atoms with Crippen LogP contribution in [0.5, 0.6) is 0 Å². The molecule has 0 atom stereocenters. The summed E-state index contributed by atoms with van der Waals surface area (Å²) in [7, 11) is 0. The van der Waals surface area contributed by atoms with Crippen molar-refractivity contribution in [3.8, 4) is 0 Å². The Morgan fingerprint density at radius 1 is 1.18 bits per heavy atom. The van der Waals surface area contributed by atoms with E-state index in [9.17, 15) is 14.0 Å². The number of aromatic nitrogens is 2.